The van der Waals surface area contributed by atoms with Crippen molar-refractivity contribution in [1.82, 2.24) is 5.32 Å². The standard InChI is InChI=1S/C17H17NO4/c1-11(18-16(20)10-15(19)17(21)22-2)13-9-5-7-12-6-3-4-8-14(12)13/h3-11,19H,1-2H3,(H,18,20)/b15-10-. The second-order valence-corrected chi connectivity index (χ2v) is 4.82. The minimum Gasteiger partial charge on any atom is -0.502 e. The van der Waals surface area contributed by atoms with Gasteiger partial charge in [-0.1, -0.05) is 42.5 Å². The predicted octanol–water partition coefficient (Wildman–Crippen LogP) is 2.63. The summed E-state index contributed by atoms with van der Waals surface area (Å²) in [5.41, 5.74) is 0.956. The summed E-state index contributed by atoms with van der Waals surface area (Å²) >= 11 is 0. The molecule has 0 saturated heterocycles. The third-order valence-electron chi connectivity index (χ3n) is 3.31. The van der Waals surface area contributed by atoms with Crippen LogP contribution in [-0.2, 0) is 14.3 Å². The molecule has 0 aromatic heterocycles. The Labute approximate surface area is 128 Å². The lowest BCUT2D eigenvalue weighted by Gasteiger charge is -2.15. The van der Waals surface area contributed by atoms with E-state index < -0.39 is 17.6 Å². The van der Waals surface area contributed by atoms with E-state index in [1.165, 1.54) is 0 Å². The van der Waals surface area contributed by atoms with Crippen LogP contribution < -0.4 is 5.32 Å². The number of hydrogen-bond donors (Lipinski definition) is 2. The monoisotopic (exact) mass is 299 g/mol. The third-order valence-corrected chi connectivity index (χ3v) is 3.31. The van der Waals surface area contributed by atoms with Crippen LogP contribution in [-0.4, -0.2) is 24.1 Å². The molecule has 2 rings (SSSR count). The number of hydrogen-bond acceptors (Lipinski definition) is 4. The molecule has 0 aliphatic carbocycles. The summed E-state index contributed by atoms with van der Waals surface area (Å²) in [5.74, 6) is -2.25. The highest BCUT2D eigenvalue weighted by molar-refractivity contribution is 5.97. The first kappa shape index (κ1) is 15.6. The highest BCUT2D eigenvalue weighted by Gasteiger charge is 2.14. The Hall–Kier alpha value is -2.82. The van der Waals surface area contributed by atoms with Gasteiger partial charge in [0.15, 0.2) is 0 Å². The number of rotatable bonds is 4. The van der Waals surface area contributed by atoms with Gasteiger partial charge in [-0.15, -0.1) is 0 Å². The van der Waals surface area contributed by atoms with Gasteiger partial charge in [-0.25, -0.2) is 4.79 Å². The van der Waals surface area contributed by atoms with E-state index in [9.17, 15) is 14.7 Å². The number of carbonyl (C=O) groups is 2. The molecule has 1 atom stereocenters. The van der Waals surface area contributed by atoms with E-state index in [1.807, 2.05) is 49.4 Å². The third kappa shape index (κ3) is 3.44. The zero-order valence-electron chi connectivity index (χ0n) is 12.4. The zero-order chi connectivity index (χ0) is 16.1. The van der Waals surface area contributed by atoms with Gasteiger partial charge in [0.25, 0.3) is 0 Å². The van der Waals surface area contributed by atoms with Crippen LogP contribution in [0.15, 0.2) is 54.3 Å². The van der Waals surface area contributed by atoms with Crippen LogP contribution >= 0.6 is 0 Å². The number of methoxy groups -OCH3 is 1. The van der Waals surface area contributed by atoms with Crippen LogP contribution in [0, 0.1) is 0 Å². The average molecular weight is 299 g/mol. The van der Waals surface area contributed by atoms with Crippen molar-refractivity contribution >= 4 is 22.6 Å². The summed E-state index contributed by atoms with van der Waals surface area (Å²) in [5, 5.41) is 14.2. The Morgan fingerprint density at radius 1 is 1.18 bits per heavy atom. The molecule has 1 unspecified atom stereocenters. The molecule has 5 nitrogen and oxygen atoms in total. The Morgan fingerprint density at radius 3 is 2.59 bits per heavy atom. The highest BCUT2D eigenvalue weighted by atomic mass is 16.5. The maximum Gasteiger partial charge on any atom is 0.373 e. The van der Waals surface area contributed by atoms with E-state index >= 15 is 0 Å². The first-order valence-corrected chi connectivity index (χ1v) is 6.80. The lowest BCUT2D eigenvalue weighted by molar-refractivity contribution is -0.139. The van der Waals surface area contributed by atoms with Gasteiger partial charge >= 0.3 is 5.97 Å². The van der Waals surface area contributed by atoms with Crippen LogP contribution in [0.2, 0.25) is 0 Å². The Kier molecular flexibility index (Phi) is 4.78. The van der Waals surface area contributed by atoms with Gasteiger partial charge in [0.2, 0.25) is 11.7 Å². The number of esters is 1. The van der Waals surface area contributed by atoms with Crippen molar-refractivity contribution in [3.8, 4) is 0 Å². The van der Waals surface area contributed by atoms with Gasteiger partial charge in [0, 0.05) is 0 Å². The van der Waals surface area contributed by atoms with E-state index in [0.29, 0.717) is 0 Å². The normalized spacial score (nSPS) is 12.7. The fourth-order valence-electron chi connectivity index (χ4n) is 2.25. The van der Waals surface area contributed by atoms with E-state index in [0.717, 1.165) is 29.5 Å². The molecule has 22 heavy (non-hydrogen) atoms. The molecule has 2 N–H and O–H groups in total. The van der Waals surface area contributed by atoms with Gasteiger partial charge in [-0.05, 0) is 23.3 Å². The molecule has 5 heteroatoms. The minimum absolute atomic E-state index is 0.278. The summed E-state index contributed by atoms with van der Waals surface area (Å²) in [6, 6.07) is 13.4. The number of ether oxygens (including phenoxy) is 1. The van der Waals surface area contributed by atoms with E-state index in [-0.39, 0.29) is 6.04 Å². The maximum atomic E-state index is 11.8. The van der Waals surface area contributed by atoms with Crippen molar-refractivity contribution < 1.29 is 19.4 Å². The number of benzene rings is 2. The quantitative estimate of drug-likeness (QED) is 0.517. The van der Waals surface area contributed by atoms with Crippen molar-refractivity contribution in [3.05, 3.63) is 59.9 Å². The molecule has 0 spiro atoms. The molecule has 0 bridgehead atoms. The molecule has 114 valence electrons. The van der Waals surface area contributed by atoms with E-state index in [2.05, 4.69) is 10.1 Å². The first-order valence-electron chi connectivity index (χ1n) is 6.80. The van der Waals surface area contributed by atoms with Gasteiger partial charge in [-0.3, -0.25) is 4.79 Å². The van der Waals surface area contributed by atoms with E-state index in [4.69, 9.17) is 0 Å². The minimum atomic E-state index is -0.951. The van der Waals surface area contributed by atoms with Crippen molar-refractivity contribution in [2.75, 3.05) is 7.11 Å². The fourth-order valence-corrected chi connectivity index (χ4v) is 2.25. The molecule has 0 aliphatic rings. The molecule has 0 fully saturated rings. The van der Waals surface area contributed by atoms with Crippen molar-refractivity contribution in [1.29, 1.82) is 0 Å². The highest BCUT2D eigenvalue weighted by Crippen LogP contribution is 2.23. The largest absolute Gasteiger partial charge is 0.502 e. The topological polar surface area (TPSA) is 75.6 Å². The Morgan fingerprint density at radius 2 is 1.86 bits per heavy atom. The second-order valence-electron chi connectivity index (χ2n) is 4.82. The van der Waals surface area contributed by atoms with Gasteiger partial charge < -0.3 is 15.2 Å². The van der Waals surface area contributed by atoms with Gasteiger partial charge in [-0.2, -0.15) is 0 Å². The summed E-state index contributed by atoms with van der Waals surface area (Å²) in [6.07, 6.45) is 0.813. The Balaban J connectivity index is 2.19. The number of carbonyl (C=O) groups excluding carboxylic acids is 2. The van der Waals surface area contributed by atoms with Gasteiger partial charge in [0.1, 0.15) is 0 Å². The molecule has 0 aliphatic heterocycles. The first-order chi connectivity index (χ1) is 10.5. The summed E-state index contributed by atoms with van der Waals surface area (Å²) in [4.78, 5) is 22.9. The molecule has 1 amide bonds. The summed E-state index contributed by atoms with van der Waals surface area (Å²) in [7, 11) is 1.13. The molecule has 2 aromatic rings. The SMILES string of the molecule is COC(=O)/C(O)=C/C(=O)NC(C)c1cccc2ccccc12. The van der Waals surface area contributed by atoms with E-state index in [1.54, 1.807) is 0 Å². The Bertz CT molecular complexity index is 731. The zero-order valence-corrected chi connectivity index (χ0v) is 12.4. The summed E-state index contributed by atoms with van der Waals surface area (Å²) in [6.45, 7) is 1.84. The van der Waals surface area contributed by atoms with Crippen molar-refractivity contribution in [2.24, 2.45) is 0 Å². The smallest absolute Gasteiger partial charge is 0.373 e. The number of nitrogens with one attached hydrogen (secondary N) is 1. The molecule has 0 heterocycles. The van der Waals surface area contributed by atoms with Crippen LogP contribution in [0.4, 0.5) is 0 Å². The number of amides is 1. The van der Waals surface area contributed by atoms with Gasteiger partial charge in [0.05, 0.1) is 19.2 Å². The molecular formula is C17H17NO4. The second kappa shape index (κ2) is 6.76. The summed E-state index contributed by atoms with van der Waals surface area (Å²) < 4.78 is 4.32. The lowest BCUT2D eigenvalue weighted by Crippen LogP contribution is -2.26. The molecule has 0 radical (unpaired) electrons. The number of aliphatic hydroxyl groups is 1. The van der Waals surface area contributed by atoms with Crippen LogP contribution in [0.25, 0.3) is 10.8 Å². The van der Waals surface area contributed by atoms with Crippen molar-refractivity contribution in [3.63, 3.8) is 0 Å². The lowest BCUT2D eigenvalue weighted by atomic mass is 10.00. The number of fused-ring (bicyclic) bond motifs is 1. The fraction of sp³-hybridized carbons (Fsp3) is 0.176. The average Bonchev–Trinajstić information content (AvgIpc) is 2.53. The molecular weight excluding hydrogens is 282 g/mol. The molecule has 0 saturated carbocycles. The van der Waals surface area contributed by atoms with Crippen LogP contribution in [0.5, 0.6) is 0 Å². The van der Waals surface area contributed by atoms with Crippen molar-refractivity contribution in [2.45, 2.75) is 13.0 Å². The molecule has 2 aromatic carbocycles. The van der Waals surface area contributed by atoms with Crippen LogP contribution in [0.1, 0.15) is 18.5 Å². The van der Waals surface area contributed by atoms with Crippen LogP contribution in [0.3, 0.4) is 0 Å². The predicted molar refractivity (Wildman–Crippen MR) is 83.2 cm³/mol. The number of aliphatic hydroxyl groups excluding tert-OH is 1. The maximum absolute atomic E-state index is 11.8.